The molecule has 3 atom stereocenters. The minimum atomic E-state index is -0.269. The van der Waals surface area contributed by atoms with E-state index >= 15 is 0 Å². The van der Waals surface area contributed by atoms with Gasteiger partial charge in [0.05, 0.1) is 13.2 Å². The summed E-state index contributed by atoms with van der Waals surface area (Å²) in [6, 6.07) is 13.8. The molecule has 5 nitrogen and oxygen atoms in total. The molecule has 1 heterocycles. The Morgan fingerprint density at radius 1 is 1.19 bits per heavy atom. The van der Waals surface area contributed by atoms with Crippen LogP contribution >= 0.6 is 0 Å². The van der Waals surface area contributed by atoms with Crippen LogP contribution in [0.3, 0.4) is 0 Å². The van der Waals surface area contributed by atoms with Crippen LogP contribution in [-0.2, 0) is 11.2 Å². The molecule has 3 rings (SSSR count). The van der Waals surface area contributed by atoms with Crippen LogP contribution in [0.15, 0.2) is 48.5 Å². The summed E-state index contributed by atoms with van der Waals surface area (Å²) in [5.41, 5.74) is 8.02. The van der Waals surface area contributed by atoms with E-state index in [-0.39, 0.29) is 29.8 Å². The first-order chi connectivity index (χ1) is 12.5. The molecule has 138 valence electrons. The van der Waals surface area contributed by atoms with E-state index < -0.39 is 0 Å². The minimum absolute atomic E-state index is 0.0511. The smallest absolute Gasteiger partial charge is 0.239 e. The van der Waals surface area contributed by atoms with Gasteiger partial charge in [-0.15, -0.1) is 0 Å². The van der Waals surface area contributed by atoms with Crippen LogP contribution in [0.1, 0.15) is 30.5 Å². The molecule has 1 fully saturated rings. The van der Waals surface area contributed by atoms with Crippen LogP contribution < -0.4 is 20.9 Å². The number of nitrogens with one attached hydrogen (secondary N) is 3. The highest BCUT2D eigenvalue weighted by atomic mass is 19.1. The van der Waals surface area contributed by atoms with Gasteiger partial charge < -0.3 is 10.1 Å². The fraction of sp³-hybridized carbons (Fsp3) is 0.350. The molecule has 1 aliphatic rings. The zero-order valence-corrected chi connectivity index (χ0v) is 15.0. The fourth-order valence-corrected chi connectivity index (χ4v) is 3.10. The Labute approximate surface area is 152 Å². The first kappa shape index (κ1) is 18.4. The van der Waals surface area contributed by atoms with Crippen molar-refractivity contribution < 1.29 is 13.9 Å². The highest BCUT2D eigenvalue weighted by Crippen LogP contribution is 2.22. The number of ether oxygens (including phenoxy) is 1. The lowest BCUT2D eigenvalue weighted by Crippen LogP contribution is -2.44. The molecule has 0 aromatic heterocycles. The van der Waals surface area contributed by atoms with Gasteiger partial charge in [0, 0.05) is 6.04 Å². The second kappa shape index (κ2) is 8.29. The summed E-state index contributed by atoms with van der Waals surface area (Å²) in [4.78, 5) is 12.6. The molecule has 1 amide bonds. The molecule has 26 heavy (non-hydrogen) atoms. The number of rotatable bonds is 6. The SMILES string of the molecule is COc1ccc(C(Cc2ccc(F)cc2)NC(=O)C2CC(C)NN2)cc1. The molecule has 0 saturated carbocycles. The Morgan fingerprint density at radius 2 is 1.88 bits per heavy atom. The average molecular weight is 357 g/mol. The van der Waals surface area contributed by atoms with Crippen LogP contribution in [0, 0.1) is 5.82 Å². The van der Waals surface area contributed by atoms with Gasteiger partial charge in [-0.25, -0.2) is 9.82 Å². The molecule has 0 bridgehead atoms. The minimum Gasteiger partial charge on any atom is -0.497 e. The van der Waals surface area contributed by atoms with Gasteiger partial charge in [-0.3, -0.25) is 10.2 Å². The van der Waals surface area contributed by atoms with Crippen LogP contribution in [0.5, 0.6) is 5.75 Å². The highest BCUT2D eigenvalue weighted by Gasteiger charge is 2.28. The molecule has 2 aromatic carbocycles. The summed E-state index contributed by atoms with van der Waals surface area (Å²) < 4.78 is 18.4. The van der Waals surface area contributed by atoms with Gasteiger partial charge in [0.25, 0.3) is 0 Å². The van der Waals surface area contributed by atoms with E-state index in [4.69, 9.17) is 4.74 Å². The van der Waals surface area contributed by atoms with Crippen molar-refractivity contribution in [2.45, 2.75) is 37.9 Å². The van der Waals surface area contributed by atoms with Gasteiger partial charge in [0.2, 0.25) is 5.91 Å². The molecule has 0 aliphatic carbocycles. The molecule has 0 spiro atoms. The Kier molecular flexibility index (Phi) is 5.85. The number of hydrogen-bond acceptors (Lipinski definition) is 4. The summed E-state index contributed by atoms with van der Waals surface area (Å²) >= 11 is 0. The van der Waals surface area contributed by atoms with E-state index in [2.05, 4.69) is 16.2 Å². The number of carbonyl (C=O) groups excluding carboxylic acids is 1. The third-order valence-electron chi connectivity index (χ3n) is 4.60. The lowest BCUT2D eigenvalue weighted by Gasteiger charge is -2.22. The molecule has 6 heteroatoms. The van der Waals surface area contributed by atoms with Crippen LogP contribution in [-0.4, -0.2) is 25.1 Å². The van der Waals surface area contributed by atoms with Crippen molar-refractivity contribution in [2.75, 3.05) is 7.11 Å². The van der Waals surface area contributed by atoms with Crippen molar-refractivity contribution in [3.05, 3.63) is 65.5 Å². The molecule has 1 aliphatic heterocycles. The van der Waals surface area contributed by atoms with Gasteiger partial charge in [0.1, 0.15) is 17.6 Å². The monoisotopic (exact) mass is 357 g/mol. The van der Waals surface area contributed by atoms with Gasteiger partial charge in [-0.2, -0.15) is 0 Å². The van der Waals surface area contributed by atoms with E-state index in [1.165, 1.54) is 12.1 Å². The third kappa shape index (κ3) is 4.59. The third-order valence-corrected chi connectivity index (χ3v) is 4.60. The van der Waals surface area contributed by atoms with E-state index in [0.717, 1.165) is 23.3 Å². The molecular formula is C20H24FN3O2. The first-order valence-corrected chi connectivity index (χ1v) is 8.75. The maximum absolute atomic E-state index is 13.2. The highest BCUT2D eigenvalue weighted by molar-refractivity contribution is 5.82. The number of benzene rings is 2. The Morgan fingerprint density at radius 3 is 2.46 bits per heavy atom. The maximum Gasteiger partial charge on any atom is 0.239 e. The number of hydrazine groups is 1. The van der Waals surface area contributed by atoms with Crippen LogP contribution in [0.4, 0.5) is 4.39 Å². The van der Waals surface area contributed by atoms with Crippen molar-refractivity contribution in [3.63, 3.8) is 0 Å². The summed E-state index contributed by atoms with van der Waals surface area (Å²) in [6.45, 7) is 2.03. The van der Waals surface area contributed by atoms with Crippen molar-refractivity contribution in [1.29, 1.82) is 0 Å². The Bertz CT molecular complexity index is 734. The number of carbonyl (C=O) groups is 1. The zero-order chi connectivity index (χ0) is 18.5. The Balaban J connectivity index is 1.77. The molecule has 2 aromatic rings. The lowest BCUT2D eigenvalue weighted by atomic mass is 9.98. The van der Waals surface area contributed by atoms with Crippen molar-refractivity contribution in [3.8, 4) is 5.75 Å². The normalized spacial score (nSPS) is 20.6. The van der Waals surface area contributed by atoms with E-state index in [9.17, 15) is 9.18 Å². The molecule has 1 saturated heterocycles. The Hall–Kier alpha value is -2.44. The average Bonchev–Trinajstić information content (AvgIpc) is 3.09. The van der Waals surface area contributed by atoms with Gasteiger partial charge in [0.15, 0.2) is 0 Å². The fourth-order valence-electron chi connectivity index (χ4n) is 3.10. The summed E-state index contributed by atoms with van der Waals surface area (Å²) in [6.07, 6.45) is 1.31. The number of amides is 1. The summed E-state index contributed by atoms with van der Waals surface area (Å²) in [7, 11) is 1.62. The number of hydrogen-bond donors (Lipinski definition) is 3. The van der Waals surface area contributed by atoms with E-state index in [0.29, 0.717) is 6.42 Å². The predicted molar refractivity (Wildman–Crippen MR) is 98.1 cm³/mol. The molecule has 3 N–H and O–H groups in total. The summed E-state index contributed by atoms with van der Waals surface area (Å²) in [5, 5.41) is 3.12. The van der Waals surface area contributed by atoms with Crippen molar-refractivity contribution >= 4 is 5.91 Å². The van der Waals surface area contributed by atoms with E-state index in [1.54, 1.807) is 19.2 Å². The number of halogens is 1. The van der Waals surface area contributed by atoms with E-state index in [1.807, 2.05) is 31.2 Å². The largest absolute Gasteiger partial charge is 0.497 e. The molecule has 0 radical (unpaired) electrons. The quantitative estimate of drug-likeness (QED) is 0.743. The van der Waals surface area contributed by atoms with Gasteiger partial charge in [-0.1, -0.05) is 24.3 Å². The second-order valence-corrected chi connectivity index (χ2v) is 6.64. The predicted octanol–water partition coefficient (Wildman–Crippen LogP) is 2.49. The standard InChI is InChI=1S/C20H24FN3O2/c1-13-11-19(24-23-13)20(25)22-18(12-14-3-7-16(21)8-4-14)15-5-9-17(26-2)10-6-15/h3-10,13,18-19,23-24H,11-12H2,1-2H3,(H,22,25). The lowest BCUT2D eigenvalue weighted by molar-refractivity contribution is -0.123. The van der Waals surface area contributed by atoms with Crippen LogP contribution in [0.25, 0.3) is 0 Å². The second-order valence-electron chi connectivity index (χ2n) is 6.64. The molecular weight excluding hydrogens is 333 g/mol. The van der Waals surface area contributed by atoms with Gasteiger partial charge in [-0.05, 0) is 55.2 Å². The maximum atomic E-state index is 13.2. The number of methoxy groups -OCH3 is 1. The van der Waals surface area contributed by atoms with Crippen molar-refractivity contribution in [1.82, 2.24) is 16.2 Å². The molecule has 3 unspecified atom stereocenters. The topological polar surface area (TPSA) is 62.4 Å². The van der Waals surface area contributed by atoms with Gasteiger partial charge >= 0.3 is 0 Å². The van der Waals surface area contributed by atoms with Crippen molar-refractivity contribution in [2.24, 2.45) is 0 Å². The first-order valence-electron chi connectivity index (χ1n) is 8.75. The van der Waals surface area contributed by atoms with Crippen LogP contribution in [0.2, 0.25) is 0 Å². The summed E-state index contributed by atoms with van der Waals surface area (Å²) in [5.74, 6) is 0.440. The zero-order valence-electron chi connectivity index (χ0n) is 15.0.